The van der Waals surface area contributed by atoms with Gasteiger partial charge in [-0.05, 0) is 49.6 Å². The van der Waals surface area contributed by atoms with E-state index in [0.29, 0.717) is 29.4 Å². The minimum absolute atomic E-state index is 0.164. The molecule has 0 unspecified atom stereocenters. The van der Waals surface area contributed by atoms with Gasteiger partial charge >= 0.3 is 0 Å². The van der Waals surface area contributed by atoms with E-state index in [1.54, 1.807) is 37.5 Å². The molecule has 4 N–H and O–H groups in total. The minimum Gasteiger partial charge on any atom is -0.398 e. The lowest BCUT2D eigenvalue weighted by molar-refractivity contribution is -0.124. The number of ether oxygens (including phenoxy) is 1. The highest BCUT2D eigenvalue weighted by molar-refractivity contribution is 5.94. The first kappa shape index (κ1) is 20.6. The Labute approximate surface area is 180 Å². The number of nitrogen functional groups attached to an aromatic ring is 1. The molecule has 3 aromatic rings. The predicted molar refractivity (Wildman–Crippen MR) is 121 cm³/mol. The van der Waals surface area contributed by atoms with Crippen LogP contribution in [0.3, 0.4) is 0 Å². The Morgan fingerprint density at radius 3 is 2.77 bits per heavy atom. The summed E-state index contributed by atoms with van der Waals surface area (Å²) in [7, 11) is 1.68. The van der Waals surface area contributed by atoms with Crippen LogP contribution in [-0.4, -0.2) is 28.2 Å². The molecule has 4 rings (SSSR count). The molecule has 1 fully saturated rings. The Balaban J connectivity index is 1.60. The van der Waals surface area contributed by atoms with Gasteiger partial charge in [0.25, 0.3) is 11.5 Å². The molecule has 0 bridgehead atoms. The largest absolute Gasteiger partial charge is 0.398 e. The van der Waals surface area contributed by atoms with E-state index in [1.165, 1.54) is 4.57 Å². The van der Waals surface area contributed by atoms with Gasteiger partial charge in [0.15, 0.2) is 5.82 Å². The second-order valence-corrected chi connectivity index (χ2v) is 7.61. The van der Waals surface area contributed by atoms with Crippen molar-refractivity contribution in [3.63, 3.8) is 0 Å². The molecule has 160 valence electrons. The number of amides is 1. The quantitative estimate of drug-likeness (QED) is 0.548. The molecule has 1 aromatic heterocycles. The number of rotatable bonds is 5. The maximum absolute atomic E-state index is 12.7. The summed E-state index contributed by atoms with van der Waals surface area (Å²) in [6.45, 7) is 2.53. The third kappa shape index (κ3) is 4.44. The molecule has 1 aliphatic rings. The molecule has 8 heteroatoms. The molecule has 0 spiro atoms. The molecule has 8 nitrogen and oxygen atoms in total. The van der Waals surface area contributed by atoms with Crippen LogP contribution in [0.15, 0.2) is 53.5 Å². The van der Waals surface area contributed by atoms with Crippen LogP contribution < -0.4 is 21.9 Å². The Kier molecular flexibility index (Phi) is 5.73. The summed E-state index contributed by atoms with van der Waals surface area (Å²) in [5, 5.41) is 5.95. The number of carbonyl (C=O) groups excluding carboxylic acids is 1. The van der Waals surface area contributed by atoms with Gasteiger partial charge in [-0.25, -0.2) is 4.98 Å². The van der Waals surface area contributed by atoms with Crippen LogP contribution in [0.4, 0.5) is 22.9 Å². The fourth-order valence-electron chi connectivity index (χ4n) is 3.57. The van der Waals surface area contributed by atoms with E-state index in [4.69, 9.17) is 10.5 Å². The van der Waals surface area contributed by atoms with Crippen LogP contribution in [0, 0.1) is 6.92 Å². The molecular weight excluding hydrogens is 394 g/mol. The molecule has 31 heavy (non-hydrogen) atoms. The monoisotopic (exact) mass is 419 g/mol. The summed E-state index contributed by atoms with van der Waals surface area (Å²) >= 11 is 0. The third-order valence-corrected chi connectivity index (χ3v) is 5.34. The number of nitrogens with one attached hydrogen (secondary N) is 2. The smallest absolute Gasteiger partial charge is 0.293 e. The number of carbonyl (C=O) groups is 1. The summed E-state index contributed by atoms with van der Waals surface area (Å²) in [4.78, 5) is 29.5. The van der Waals surface area contributed by atoms with E-state index < -0.39 is 6.10 Å². The fraction of sp³-hybridized carbons (Fsp3) is 0.261. The lowest BCUT2D eigenvalue weighted by Crippen LogP contribution is -2.26. The van der Waals surface area contributed by atoms with Gasteiger partial charge in [-0.2, -0.15) is 0 Å². The van der Waals surface area contributed by atoms with Crippen molar-refractivity contribution in [1.29, 1.82) is 0 Å². The van der Waals surface area contributed by atoms with E-state index in [2.05, 4.69) is 15.6 Å². The van der Waals surface area contributed by atoms with Crippen LogP contribution >= 0.6 is 0 Å². The lowest BCUT2D eigenvalue weighted by Gasteiger charge is -2.14. The molecule has 1 saturated heterocycles. The Morgan fingerprint density at radius 2 is 2.00 bits per heavy atom. The maximum atomic E-state index is 12.7. The zero-order valence-electron chi connectivity index (χ0n) is 17.5. The highest BCUT2D eigenvalue weighted by Gasteiger charge is 2.23. The van der Waals surface area contributed by atoms with Crippen molar-refractivity contribution in [2.75, 3.05) is 23.0 Å². The van der Waals surface area contributed by atoms with Gasteiger partial charge in [0, 0.05) is 42.5 Å². The second-order valence-electron chi connectivity index (χ2n) is 7.61. The average Bonchev–Trinajstić information content (AvgIpc) is 3.29. The molecule has 0 aliphatic carbocycles. The number of aryl methyl sites for hydroxylation is 1. The van der Waals surface area contributed by atoms with Crippen molar-refractivity contribution in [3.8, 4) is 11.3 Å². The van der Waals surface area contributed by atoms with E-state index in [-0.39, 0.29) is 17.3 Å². The van der Waals surface area contributed by atoms with Crippen molar-refractivity contribution in [1.82, 2.24) is 9.55 Å². The van der Waals surface area contributed by atoms with Crippen LogP contribution in [0.25, 0.3) is 11.3 Å². The van der Waals surface area contributed by atoms with Crippen molar-refractivity contribution in [2.45, 2.75) is 25.9 Å². The van der Waals surface area contributed by atoms with Crippen LogP contribution in [-0.2, 0) is 16.6 Å². The molecule has 0 radical (unpaired) electrons. The Morgan fingerprint density at radius 1 is 1.23 bits per heavy atom. The average molecular weight is 419 g/mol. The van der Waals surface area contributed by atoms with Crippen LogP contribution in [0.2, 0.25) is 0 Å². The Bertz CT molecular complexity index is 1180. The highest BCUT2D eigenvalue weighted by Crippen LogP contribution is 2.26. The van der Waals surface area contributed by atoms with E-state index in [1.807, 2.05) is 25.1 Å². The van der Waals surface area contributed by atoms with Gasteiger partial charge in [0.2, 0.25) is 0 Å². The van der Waals surface area contributed by atoms with E-state index in [9.17, 15) is 9.59 Å². The van der Waals surface area contributed by atoms with Gasteiger partial charge in [-0.3, -0.25) is 9.59 Å². The van der Waals surface area contributed by atoms with Gasteiger partial charge < -0.3 is 25.7 Å². The Hall–Kier alpha value is -3.65. The van der Waals surface area contributed by atoms with Gasteiger partial charge in [-0.1, -0.05) is 18.2 Å². The topological polar surface area (TPSA) is 111 Å². The molecule has 1 amide bonds. The summed E-state index contributed by atoms with van der Waals surface area (Å²) in [6.07, 6.45) is 2.88. The predicted octanol–water partition coefficient (Wildman–Crippen LogP) is 3.20. The van der Waals surface area contributed by atoms with E-state index >= 15 is 0 Å². The molecule has 0 saturated carbocycles. The number of hydrogen-bond acceptors (Lipinski definition) is 6. The van der Waals surface area contributed by atoms with Crippen molar-refractivity contribution < 1.29 is 9.53 Å². The second kappa shape index (κ2) is 8.61. The van der Waals surface area contributed by atoms with Gasteiger partial charge in [0.05, 0.1) is 5.69 Å². The maximum Gasteiger partial charge on any atom is 0.293 e. The van der Waals surface area contributed by atoms with Gasteiger partial charge in [0.1, 0.15) is 6.10 Å². The first-order valence-electron chi connectivity index (χ1n) is 10.1. The summed E-state index contributed by atoms with van der Waals surface area (Å²) in [6, 6.07) is 12.8. The fourth-order valence-corrected chi connectivity index (χ4v) is 3.57. The SMILES string of the molecule is Cc1c(N)cccc1-c1cn(C)c(=O)c(Nc2cccc(NC(=O)[C@H]3CCCO3)c2)n1. The zero-order valence-corrected chi connectivity index (χ0v) is 17.5. The number of hydrogen-bond donors (Lipinski definition) is 3. The number of anilines is 4. The van der Waals surface area contributed by atoms with Crippen molar-refractivity contribution >= 4 is 28.8 Å². The molecule has 2 heterocycles. The first-order valence-corrected chi connectivity index (χ1v) is 10.1. The number of aromatic nitrogens is 2. The third-order valence-electron chi connectivity index (χ3n) is 5.34. The van der Waals surface area contributed by atoms with Crippen LogP contribution in [0.1, 0.15) is 18.4 Å². The standard InChI is InChI=1S/C23H25N5O3/c1-14-17(8-4-9-18(14)24)19-13-28(2)23(30)21(27-19)25-15-6-3-7-16(12-15)26-22(29)20-10-5-11-31-20/h3-4,6-9,12-13,20H,5,10-11,24H2,1-2H3,(H,25,27)(H,26,29)/t20-/m1/s1. The number of nitrogens with zero attached hydrogens (tertiary/aromatic N) is 2. The molecule has 2 aromatic carbocycles. The van der Waals surface area contributed by atoms with Crippen molar-refractivity contribution in [3.05, 3.63) is 64.6 Å². The summed E-state index contributed by atoms with van der Waals surface area (Å²) in [5.41, 5.74) is 10.1. The van der Waals surface area contributed by atoms with E-state index in [0.717, 1.165) is 24.0 Å². The van der Waals surface area contributed by atoms with Crippen LogP contribution in [0.5, 0.6) is 0 Å². The van der Waals surface area contributed by atoms with Crippen molar-refractivity contribution in [2.24, 2.45) is 7.05 Å². The van der Waals surface area contributed by atoms with Gasteiger partial charge in [-0.15, -0.1) is 0 Å². The summed E-state index contributed by atoms with van der Waals surface area (Å²) in [5.74, 6) is 0.0206. The zero-order chi connectivity index (χ0) is 22.0. The number of benzene rings is 2. The molecule has 1 aliphatic heterocycles. The normalized spacial score (nSPS) is 15.6. The molecule has 1 atom stereocenters. The molecular formula is C23H25N5O3. The minimum atomic E-state index is -0.413. The summed E-state index contributed by atoms with van der Waals surface area (Å²) < 4.78 is 6.91. The first-order chi connectivity index (χ1) is 14.9. The lowest BCUT2D eigenvalue weighted by atomic mass is 10.0. The highest BCUT2D eigenvalue weighted by atomic mass is 16.5. The number of nitrogens with two attached hydrogens (primary N) is 1.